The molecule has 0 atom stereocenters. The fourth-order valence-electron chi connectivity index (χ4n) is 3.04. The van der Waals surface area contributed by atoms with Gasteiger partial charge in [0, 0.05) is 25.0 Å². The Morgan fingerprint density at radius 2 is 2.19 bits per heavy atom. The van der Waals surface area contributed by atoms with Crippen molar-refractivity contribution in [3.63, 3.8) is 0 Å². The number of pyridine rings is 2. The fraction of sp³-hybridized carbons (Fsp3) is 0.350. The number of likely N-dealkylation sites (tertiary alicyclic amines) is 1. The number of allylic oxidation sites excluding steroid dienone is 1. The first-order chi connectivity index (χ1) is 12.6. The summed E-state index contributed by atoms with van der Waals surface area (Å²) in [7, 11) is 0. The van der Waals surface area contributed by atoms with Crippen LogP contribution in [0.5, 0.6) is 0 Å². The van der Waals surface area contributed by atoms with E-state index in [4.69, 9.17) is 11.6 Å². The second-order valence-electron chi connectivity index (χ2n) is 6.47. The van der Waals surface area contributed by atoms with E-state index in [0.717, 1.165) is 37.2 Å². The maximum absolute atomic E-state index is 12.8. The molecule has 26 heavy (non-hydrogen) atoms. The third kappa shape index (κ3) is 4.41. The second kappa shape index (κ2) is 8.32. The molecule has 3 heterocycles. The van der Waals surface area contributed by atoms with E-state index in [9.17, 15) is 4.79 Å². The number of aryl methyl sites for hydroxylation is 1. The summed E-state index contributed by atoms with van der Waals surface area (Å²) in [5, 5.41) is 3.54. The van der Waals surface area contributed by atoms with Gasteiger partial charge in [0.05, 0.1) is 22.5 Å². The van der Waals surface area contributed by atoms with E-state index in [1.807, 2.05) is 24.0 Å². The van der Waals surface area contributed by atoms with Crippen molar-refractivity contribution in [1.29, 1.82) is 0 Å². The Hall–Kier alpha value is -2.40. The molecule has 2 aromatic heterocycles. The number of carbonyl (C=O) groups is 1. The highest BCUT2D eigenvalue weighted by Crippen LogP contribution is 2.25. The van der Waals surface area contributed by atoms with Crippen molar-refractivity contribution in [2.45, 2.75) is 33.1 Å². The Kier molecular flexibility index (Phi) is 5.89. The highest BCUT2D eigenvalue weighted by Gasteiger charge is 2.21. The molecule has 1 saturated heterocycles. The molecular weight excluding hydrogens is 348 g/mol. The summed E-state index contributed by atoms with van der Waals surface area (Å²) in [5.74, 6) is 0.490. The summed E-state index contributed by atoms with van der Waals surface area (Å²) in [5.41, 5.74) is 3.58. The number of anilines is 2. The third-order valence-corrected chi connectivity index (χ3v) is 4.65. The minimum Gasteiger partial charge on any atom is -0.338 e. The predicted molar refractivity (Wildman–Crippen MR) is 105 cm³/mol. The van der Waals surface area contributed by atoms with Gasteiger partial charge in [-0.15, -0.1) is 0 Å². The van der Waals surface area contributed by atoms with Crippen LogP contribution < -0.4 is 5.32 Å². The summed E-state index contributed by atoms with van der Waals surface area (Å²) in [6.07, 6.45) is 8.59. The minimum absolute atomic E-state index is 0.0235. The number of nitrogens with one attached hydrogen (secondary N) is 1. The first-order valence-electron chi connectivity index (χ1n) is 8.89. The molecule has 0 radical (unpaired) electrons. The number of carbonyl (C=O) groups excluding carboxylic acids is 1. The van der Waals surface area contributed by atoms with Gasteiger partial charge in [-0.2, -0.15) is 0 Å². The Balaban J connectivity index is 1.73. The molecule has 0 spiro atoms. The summed E-state index contributed by atoms with van der Waals surface area (Å²) in [4.78, 5) is 23.2. The molecule has 2 aromatic rings. The molecule has 1 fully saturated rings. The molecule has 1 N–H and O–H groups in total. The van der Waals surface area contributed by atoms with E-state index in [-0.39, 0.29) is 5.91 Å². The highest BCUT2D eigenvalue weighted by atomic mass is 35.5. The van der Waals surface area contributed by atoms with E-state index in [1.165, 1.54) is 5.57 Å². The van der Waals surface area contributed by atoms with Gasteiger partial charge < -0.3 is 10.2 Å². The topological polar surface area (TPSA) is 58.1 Å². The van der Waals surface area contributed by atoms with Crippen molar-refractivity contribution in [1.82, 2.24) is 14.9 Å². The van der Waals surface area contributed by atoms with Crippen LogP contribution in [0.3, 0.4) is 0 Å². The lowest BCUT2D eigenvalue weighted by Gasteiger charge is -2.29. The second-order valence-corrected chi connectivity index (χ2v) is 6.88. The number of amides is 1. The molecule has 3 rings (SSSR count). The maximum atomic E-state index is 12.8. The van der Waals surface area contributed by atoms with Crippen LogP contribution in [0.2, 0.25) is 5.02 Å². The molecule has 6 heteroatoms. The number of halogens is 1. The lowest BCUT2D eigenvalue weighted by molar-refractivity contribution is 0.0751. The van der Waals surface area contributed by atoms with Crippen molar-refractivity contribution < 1.29 is 4.79 Å². The molecule has 0 unspecified atom stereocenters. The monoisotopic (exact) mass is 370 g/mol. The van der Waals surface area contributed by atoms with Crippen LogP contribution in [-0.2, 0) is 0 Å². The molecule has 1 aliphatic rings. The van der Waals surface area contributed by atoms with Crippen LogP contribution in [0.15, 0.2) is 42.2 Å². The average molecular weight is 371 g/mol. The van der Waals surface area contributed by atoms with Crippen molar-refractivity contribution in [2.24, 2.45) is 0 Å². The Morgan fingerprint density at radius 1 is 1.35 bits per heavy atom. The number of hydrogen-bond donors (Lipinski definition) is 1. The summed E-state index contributed by atoms with van der Waals surface area (Å²) >= 11 is 6.34. The molecular formula is C20H23ClN4O. The van der Waals surface area contributed by atoms with Gasteiger partial charge in [-0.1, -0.05) is 30.2 Å². The summed E-state index contributed by atoms with van der Waals surface area (Å²) in [6.45, 7) is 5.51. The number of aromatic nitrogens is 2. The molecule has 136 valence electrons. The van der Waals surface area contributed by atoms with Gasteiger partial charge >= 0.3 is 0 Å². The molecule has 1 amide bonds. The van der Waals surface area contributed by atoms with Crippen LogP contribution in [-0.4, -0.2) is 33.9 Å². The van der Waals surface area contributed by atoms with Crippen LogP contribution in [0.1, 0.15) is 42.2 Å². The van der Waals surface area contributed by atoms with Crippen molar-refractivity contribution in [3.8, 4) is 0 Å². The van der Waals surface area contributed by atoms with Gasteiger partial charge in [-0.25, -0.2) is 4.98 Å². The van der Waals surface area contributed by atoms with Crippen LogP contribution in [0.25, 0.3) is 0 Å². The molecule has 0 aliphatic carbocycles. The smallest absolute Gasteiger partial charge is 0.255 e. The molecule has 0 bridgehead atoms. The molecule has 1 aliphatic heterocycles. The van der Waals surface area contributed by atoms with Gasteiger partial charge in [0.25, 0.3) is 5.91 Å². The summed E-state index contributed by atoms with van der Waals surface area (Å²) < 4.78 is 0. The van der Waals surface area contributed by atoms with E-state index < -0.39 is 0 Å². The van der Waals surface area contributed by atoms with E-state index in [0.29, 0.717) is 22.9 Å². The average Bonchev–Trinajstić information content (AvgIpc) is 2.65. The lowest BCUT2D eigenvalue weighted by atomic mass is 10.0. The SMILES string of the molecule is CC/C=C1/CCCN(C(=O)c2cnc(Nc3ccc(C)nc3)c(Cl)c2)C1. The highest BCUT2D eigenvalue weighted by molar-refractivity contribution is 6.33. The largest absolute Gasteiger partial charge is 0.338 e. The van der Waals surface area contributed by atoms with Gasteiger partial charge in [-0.3, -0.25) is 9.78 Å². The Bertz CT molecular complexity index is 817. The number of nitrogens with zero attached hydrogens (tertiary/aromatic N) is 3. The van der Waals surface area contributed by atoms with Gasteiger partial charge in [0.15, 0.2) is 0 Å². The van der Waals surface area contributed by atoms with Gasteiger partial charge in [-0.05, 0) is 44.4 Å². The van der Waals surface area contributed by atoms with Crippen molar-refractivity contribution in [2.75, 3.05) is 18.4 Å². The molecule has 5 nitrogen and oxygen atoms in total. The quantitative estimate of drug-likeness (QED) is 0.788. The lowest BCUT2D eigenvalue weighted by Crippen LogP contribution is -2.36. The van der Waals surface area contributed by atoms with Crippen LogP contribution in [0, 0.1) is 6.92 Å². The van der Waals surface area contributed by atoms with E-state index in [1.54, 1.807) is 18.5 Å². The standard InChI is InChI=1S/C20H23ClN4O/c1-3-5-15-6-4-9-25(13-15)20(26)16-10-18(21)19(23-11-16)24-17-8-7-14(2)22-12-17/h5,7-8,10-12H,3-4,6,9,13H2,1-2H3,(H,23,24)/b15-5-. The van der Waals surface area contributed by atoms with Crippen molar-refractivity contribution in [3.05, 3.63) is 58.5 Å². The number of rotatable bonds is 4. The number of hydrogen-bond acceptors (Lipinski definition) is 4. The third-order valence-electron chi connectivity index (χ3n) is 4.36. The normalized spacial score (nSPS) is 16.0. The summed E-state index contributed by atoms with van der Waals surface area (Å²) in [6, 6.07) is 5.50. The predicted octanol–water partition coefficient (Wildman–Crippen LogP) is 4.75. The van der Waals surface area contributed by atoms with Crippen molar-refractivity contribution >= 4 is 29.0 Å². The molecule has 0 saturated carbocycles. The minimum atomic E-state index is -0.0235. The number of piperidine rings is 1. The Labute approximate surface area is 159 Å². The van der Waals surface area contributed by atoms with Crippen LogP contribution >= 0.6 is 11.6 Å². The Morgan fingerprint density at radius 3 is 2.88 bits per heavy atom. The molecule has 0 aromatic carbocycles. The fourth-order valence-corrected chi connectivity index (χ4v) is 3.25. The zero-order chi connectivity index (χ0) is 18.5. The van der Waals surface area contributed by atoms with Gasteiger partial charge in [0.2, 0.25) is 0 Å². The van der Waals surface area contributed by atoms with E-state index >= 15 is 0 Å². The first-order valence-corrected chi connectivity index (χ1v) is 9.27. The zero-order valence-electron chi connectivity index (χ0n) is 15.1. The zero-order valence-corrected chi connectivity index (χ0v) is 15.9. The van der Waals surface area contributed by atoms with Crippen LogP contribution in [0.4, 0.5) is 11.5 Å². The van der Waals surface area contributed by atoms with E-state index in [2.05, 4.69) is 28.3 Å². The first kappa shape index (κ1) is 18.4. The van der Waals surface area contributed by atoms with Gasteiger partial charge in [0.1, 0.15) is 5.82 Å². The maximum Gasteiger partial charge on any atom is 0.255 e.